The fourth-order valence-electron chi connectivity index (χ4n) is 1.27. The molecule has 0 spiro atoms. The van der Waals surface area contributed by atoms with Crippen LogP contribution in [0.5, 0.6) is 0 Å². The number of carbonyl (C=O) groups excluding carboxylic acids is 1. The minimum atomic E-state index is -0.136. The first-order chi connectivity index (χ1) is 7.07. The molecule has 0 fully saturated rings. The predicted octanol–water partition coefficient (Wildman–Crippen LogP) is 2.97. The van der Waals surface area contributed by atoms with Crippen LogP contribution in [0.1, 0.15) is 24.2 Å². The summed E-state index contributed by atoms with van der Waals surface area (Å²) in [6, 6.07) is 1.67. The lowest BCUT2D eigenvalue weighted by Crippen LogP contribution is -2.36. The lowest BCUT2D eigenvalue weighted by molar-refractivity contribution is 0.0728. The highest BCUT2D eigenvalue weighted by Gasteiger charge is 2.21. The van der Waals surface area contributed by atoms with E-state index in [0.717, 1.165) is 0 Å². The molecule has 0 aromatic carbocycles. The molecule has 1 aromatic rings. The highest BCUT2D eigenvalue weighted by Crippen LogP contribution is 2.19. The zero-order valence-electron chi connectivity index (χ0n) is 8.87. The summed E-state index contributed by atoms with van der Waals surface area (Å²) in [5, 5.41) is 0.134. The third kappa shape index (κ3) is 2.63. The Morgan fingerprint density at radius 2 is 2.40 bits per heavy atom. The molecule has 0 aliphatic heterocycles. The van der Waals surface area contributed by atoms with Crippen LogP contribution in [0.4, 0.5) is 0 Å². The topological polar surface area (TPSA) is 33.5 Å². The first-order valence-corrected chi connectivity index (χ1v) is 5.10. The van der Waals surface area contributed by atoms with Crippen molar-refractivity contribution in [2.24, 2.45) is 0 Å². The molecule has 0 atom stereocenters. The molecule has 1 rings (SSSR count). The molecule has 0 aliphatic rings. The van der Waals surface area contributed by atoms with Crippen LogP contribution >= 0.6 is 11.6 Å². The fourth-order valence-corrected chi connectivity index (χ4v) is 1.46. The normalized spacial score (nSPS) is 10.4. The summed E-state index contributed by atoms with van der Waals surface area (Å²) in [6.45, 7) is 8.00. The predicted molar refractivity (Wildman–Crippen MR) is 60.1 cm³/mol. The average molecular weight is 228 g/mol. The Morgan fingerprint density at radius 3 is 2.80 bits per heavy atom. The number of amides is 1. The van der Waals surface area contributed by atoms with Crippen LogP contribution in [0.25, 0.3) is 0 Å². The van der Waals surface area contributed by atoms with Gasteiger partial charge in [0.05, 0.1) is 11.8 Å². The molecule has 0 radical (unpaired) electrons. The van der Waals surface area contributed by atoms with E-state index < -0.39 is 0 Å². The monoisotopic (exact) mass is 227 g/mol. The van der Waals surface area contributed by atoms with Crippen molar-refractivity contribution in [3.63, 3.8) is 0 Å². The maximum absolute atomic E-state index is 12.0. The van der Waals surface area contributed by atoms with Crippen molar-refractivity contribution in [1.29, 1.82) is 0 Å². The highest BCUT2D eigenvalue weighted by atomic mass is 35.5. The number of hydrogen-bond donors (Lipinski definition) is 0. The molecule has 3 nitrogen and oxygen atoms in total. The van der Waals surface area contributed by atoms with Gasteiger partial charge in [0.25, 0.3) is 5.91 Å². The molecule has 0 bridgehead atoms. The van der Waals surface area contributed by atoms with Gasteiger partial charge in [0.1, 0.15) is 0 Å². The van der Waals surface area contributed by atoms with Crippen molar-refractivity contribution in [1.82, 2.24) is 4.90 Å². The van der Waals surface area contributed by atoms with E-state index in [2.05, 4.69) is 6.58 Å². The van der Waals surface area contributed by atoms with Crippen molar-refractivity contribution in [2.75, 3.05) is 6.54 Å². The summed E-state index contributed by atoms with van der Waals surface area (Å²) < 4.78 is 4.89. The van der Waals surface area contributed by atoms with Crippen LogP contribution < -0.4 is 0 Å². The van der Waals surface area contributed by atoms with E-state index in [1.54, 1.807) is 17.0 Å². The first kappa shape index (κ1) is 11.9. The summed E-state index contributed by atoms with van der Waals surface area (Å²) in [4.78, 5) is 13.7. The van der Waals surface area contributed by atoms with Crippen LogP contribution in [-0.2, 0) is 0 Å². The molecule has 0 saturated carbocycles. The van der Waals surface area contributed by atoms with Gasteiger partial charge in [-0.25, -0.2) is 0 Å². The Bertz CT molecular complexity index is 357. The Kier molecular flexibility index (Phi) is 3.97. The van der Waals surface area contributed by atoms with Gasteiger partial charge in [-0.15, -0.1) is 6.58 Å². The maximum Gasteiger partial charge on any atom is 0.259 e. The number of furan rings is 1. The lowest BCUT2D eigenvalue weighted by Gasteiger charge is -2.24. The van der Waals surface area contributed by atoms with E-state index >= 15 is 0 Å². The zero-order chi connectivity index (χ0) is 11.4. The third-order valence-electron chi connectivity index (χ3n) is 2.06. The van der Waals surface area contributed by atoms with Crippen molar-refractivity contribution >= 4 is 17.5 Å². The van der Waals surface area contributed by atoms with Crippen LogP contribution in [0.3, 0.4) is 0 Å². The average Bonchev–Trinajstić information content (AvgIpc) is 2.59. The molecule has 0 N–H and O–H groups in total. The highest BCUT2D eigenvalue weighted by molar-refractivity contribution is 6.32. The van der Waals surface area contributed by atoms with Crippen molar-refractivity contribution in [3.05, 3.63) is 35.8 Å². The van der Waals surface area contributed by atoms with E-state index in [1.165, 1.54) is 6.26 Å². The molecule has 82 valence electrons. The Balaban J connectivity index is 2.90. The molecular weight excluding hydrogens is 214 g/mol. The molecule has 15 heavy (non-hydrogen) atoms. The summed E-state index contributed by atoms with van der Waals surface area (Å²) in [5.74, 6) is -0.136. The quantitative estimate of drug-likeness (QED) is 0.741. The number of rotatable bonds is 4. The van der Waals surface area contributed by atoms with Gasteiger partial charge in [0.2, 0.25) is 5.22 Å². The zero-order valence-corrected chi connectivity index (χ0v) is 9.62. The van der Waals surface area contributed by atoms with Gasteiger partial charge in [-0.2, -0.15) is 0 Å². The second-order valence-electron chi connectivity index (χ2n) is 3.45. The van der Waals surface area contributed by atoms with Crippen molar-refractivity contribution < 1.29 is 9.21 Å². The SMILES string of the molecule is C=CCN(C(=O)c1ccoc1Cl)C(C)C. The lowest BCUT2D eigenvalue weighted by atomic mass is 10.2. The van der Waals surface area contributed by atoms with Gasteiger partial charge < -0.3 is 9.32 Å². The van der Waals surface area contributed by atoms with Gasteiger partial charge in [0, 0.05) is 12.6 Å². The van der Waals surface area contributed by atoms with Crippen LogP contribution in [0.15, 0.2) is 29.4 Å². The minimum Gasteiger partial charge on any atom is -0.452 e. The van der Waals surface area contributed by atoms with Crippen LogP contribution in [0, 0.1) is 0 Å². The van der Waals surface area contributed by atoms with E-state index in [9.17, 15) is 4.79 Å². The summed E-state index contributed by atoms with van der Waals surface area (Å²) in [6.07, 6.45) is 3.09. The van der Waals surface area contributed by atoms with E-state index in [4.69, 9.17) is 16.0 Å². The van der Waals surface area contributed by atoms with Gasteiger partial charge in [-0.1, -0.05) is 6.08 Å². The number of carbonyl (C=O) groups is 1. The second kappa shape index (κ2) is 5.03. The maximum atomic E-state index is 12.0. The van der Waals surface area contributed by atoms with E-state index in [0.29, 0.717) is 12.1 Å². The molecule has 4 heteroatoms. The van der Waals surface area contributed by atoms with E-state index in [1.807, 2.05) is 13.8 Å². The molecule has 1 amide bonds. The number of nitrogens with zero attached hydrogens (tertiary/aromatic N) is 1. The minimum absolute atomic E-state index is 0.0986. The standard InChI is InChI=1S/C11H14ClNO2/c1-4-6-13(8(2)3)11(14)9-5-7-15-10(9)12/h4-5,7-8H,1,6H2,2-3H3. The second-order valence-corrected chi connectivity index (χ2v) is 3.79. The van der Waals surface area contributed by atoms with Crippen LogP contribution in [-0.4, -0.2) is 23.4 Å². The van der Waals surface area contributed by atoms with Gasteiger partial charge >= 0.3 is 0 Å². The van der Waals surface area contributed by atoms with Crippen molar-refractivity contribution in [2.45, 2.75) is 19.9 Å². The third-order valence-corrected chi connectivity index (χ3v) is 2.35. The Morgan fingerprint density at radius 1 is 1.73 bits per heavy atom. The van der Waals surface area contributed by atoms with Gasteiger partial charge in [0.15, 0.2) is 0 Å². The van der Waals surface area contributed by atoms with Crippen molar-refractivity contribution in [3.8, 4) is 0 Å². The largest absolute Gasteiger partial charge is 0.452 e. The number of halogens is 1. The van der Waals surface area contributed by atoms with Crippen LogP contribution in [0.2, 0.25) is 5.22 Å². The first-order valence-electron chi connectivity index (χ1n) is 4.72. The Hall–Kier alpha value is -1.22. The Labute approximate surface area is 94.3 Å². The molecule has 1 aromatic heterocycles. The van der Waals surface area contributed by atoms with Gasteiger partial charge in [-0.05, 0) is 31.5 Å². The molecule has 0 unspecified atom stereocenters. The number of hydrogen-bond acceptors (Lipinski definition) is 2. The van der Waals surface area contributed by atoms with E-state index in [-0.39, 0.29) is 17.2 Å². The van der Waals surface area contributed by atoms with Gasteiger partial charge in [-0.3, -0.25) is 4.79 Å². The molecule has 0 saturated heterocycles. The molecule has 1 heterocycles. The summed E-state index contributed by atoms with van der Waals surface area (Å²) in [7, 11) is 0. The molecular formula is C11H14ClNO2. The molecule has 0 aliphatic carbocycles. The summed E-state index contributed by atoms with van der Waals surface area (Å²) >= 11 is 5.74. The summed E-state index contributed by atoms with van der Waals surface area (Å²) in [5.41, 5.74) is 0.396. The smallest absolute Gasteiger partial charge is 0.259 e. The fraction of sp³-hybridized carbons (Fsp3) is 0.364.